The third kappa shape index (κ3) is 11.4. The molecule has 0 atom stereocenters. The van der Waals surface area contributed by atoms with Crippen molar-refractivity contribution in [1.82, 2.24) is 16.0 Å². The summed E-state index contributed by atoms with van der Waals surface area (Å²) >= 11 is 0. The normalized spacial score (nSPS) is 14.5. The molecule has 23 heavy (non-hydrogen) atoms. The number of guanidine groups is 1. The predicted octanol–water partition coefficient (Wildman–Crippen LogP) is 1.81. The van der Waals surface area contributed by atoms with E-state index in [0.29, 0.717) is 19.1 Å². The molecule has 0 fully saturated rings. The molecule has 0 unspecified atom stereocenters. The molecule has 0 bridgehead atoms. The lowest BCUT2D eigenvalue weighted by molar-refractivity contribution is -0.119. The zero-order valence-electron chi connectivity index (χ0n) is 14.3. The summed E-state index contributed by atoms with van der Waals surface area (Å²) in [4.78, 5) is 15.9. The second-order valence-corrected chi connectivity index (χ2v) is 5.32. The first-order valence-corrected chi connectivity index (χ1v) is 8.22. The number of rotatable bonds is 9. The molecule has 0 aromatic heterocycles. The number of nitrogens with one attached hydrogen (secondary N) is 3. The summed E-state index contributed by atoms with van der Waals surface area (Å²) in [7, 11) is 1.61. The fraction of sp³-hybridized carbons (Fsp3) is 0.750. The van der Waals surface area contributed by atoms with Crippen LogP contribution in [0.5, 0.6) is 0 Å². The van der Waals surface area contributed by atoms with E-state index in [2.05, 4.69) is 27.0 Å². The Hall–Kier alpha value is -0.830. The van der Waals surface area contributed by atoms with Crippen molar-refractivity contribution in [3.63, 3.8) is 0 Å². The van der Waals surface area contributed by atoms with Gasteiger partial charge in [0.1, 0.15) is 6.54 Å². The maximum atomic E-state index is 11.6. The van der Waals surface area contributed by atoms with Gasteiger partial charge in [-0.3, -0.25) is 4.79 Å². The van der Waals surface area contributed by atoms with Crippen molar-refractivity contribution in [1.29, 1.82) is 0 Å². The van der Waals surface area contributed by atoms with Crippen LogP contribution in [0.1, 0.15) is 39.0 Å². The minimum Gasteiger partial charge on any atom is -0.383 e. The summed E-state index contributed by atoms with van der Waals surface area (Å²) in [5.41, 5.74) is 1.53. The number of allylic oxidation sites excluding steroid dienone is 1. The molecule has 1 aliphatic carbocycles. The first-order valence-electron chi connectivity index (χ1n) is 8.22. The van der Waals surface area contributed by atoms with Crippen molar-refractivity contribution in [2.24, 2.45) is 4.99 Å². The van der Waals surface area contributed by atoms with Crippen molar-refractivity contribution in [2.75, 3.05) is 39.9 Å². The number of hydrogen-bond acceptors (Lipinski definition) is 3. The highest BCUT2D eigenvalue weighted by Gasteiger charge is 2.05. The smallest absolute Gasteiger partial charge is 0.241 e. The number of nitrogens with zero attached hydrogens (tertiary/aromatic N) is 1. The van der Waals surface area contributed by atoms with E-state index >= 15 is 0 Å². The number of carbonyl (C=O) groups excluding carboxylic acids is 1. The Morgan fingerprint density at radius 1 is 1.26 bits per heavy atom. The van der Waals surface area contributed by atoms with Crippen LogP contribution < -0.4 is 16.0 Å². The highest BCUT2D eigenvalue weighted by atomic mass is 127. The van der Waals surface area contributed by atoms with Gasteiger partial charge in [0.15, 0.2) is 5.96 Å². The van der Waals surface area contributed by atoms with E-state index < -0.39 is 0 Å². The Morgan fingerprint density at radius 3 is 2.74 bits per heavy atom. The number of ether oxygens (including phenoxy) is 1. The van der Waals surface area contributed by atoms with Crippen LogP contribution >= 0.6 is 24.0 Å². The molecule has 1 amide bonds. The molecule has 0 radical (unpaired) electrons. The Kier molecular flexibility index (Phi) is 14.2. The zero-order valence-corrected chi connectivity index (χ0v) is 16.7. The van der Waals surface area contributed by atoms with Gasteiger partial charge in [-0.05, 0) is 39.0 Å². The van der Waals surface area contributed by atoms with E-state index in [-0.39, 0.29) is 36.4 Å². The molecule has 1 aliphatic rings. The van der Waals surface area contributed by atoms with Gasteiger partial charge in [-0.2, -0.15) is 0 Å². The molecule has 0 aliphatic heterocycles. The van der Waals surface area contributed by atoms with Gasteiger partial charge >= 0.3 is 0 Å². The fourth-order valence-corrected chi connectivity index (χ4v) is 2.31. The number of hydrogen-bond donors (Lipinski definition) is 3. The molecule has 0 saturated heterocycles. The molecule has 1 rings (SSSR count). The van der Waals surface area contributed by atoms with Crippen LogP contribution in [0.3, 0.4) is 0 Å². The minimum absolute atomic E-state index is 0. The number of methoxy groups -OCH3 is 1. The van der Waals surface area contributed by atoms with Crippen LogP contribution in [0.2, 0.25) is 0 Å². The molecule has 6 nitrogen and oxygen atoms in total. The lowest BCUT2D eigenvalue weighted by Crippen LogP contribution is -2.39. The van der Waals surface area contributed by atoms with Crippen LogP contribution in [-0.4, -0.2) is 51.8 Å². The molecule has 0 aromatic carbocycles. The molecular weight excluding hydrogens is 407 g/mol. The van der Waals surface area contributed by atoms with Gasteiger partial charge in [-0.15, -0.1) is 24.0 Å². The van der Waals surface area contributed by atoms with Crippen molar-refractivity contribution >= 4 is 35.8 Å². The summed E-state index contributed by atoms with van der Waals surface area (Å²) < 4.78 is 4.89. The topological polar surface area (TPSA) is 74.8 Å². The third-order valence-electron chi connectivity index (χ3n) is 3.48. The number of amides is 1. The van der Waals surface area contributed by atoms with Crippen LogP contribution in [0.15, 0.2) is 16.6 Å². The highest BCUT2D eigenvalue weighted by Crippen LogP contribution is 2.19. The van der Waals surface area contributed by atoms with Crippen molar-refractivity contribution in [3.8, 4) is 0 Å². The standard InChI is InChI=1S/C16H30N4O2.HI/c1-3-17-16(20-13-15(21)18-11-12-22-2)19-10-9-14-7-5-4-6-8-14;/h7H,3-6,8-13H2,1-2H3,(H,18,21)(H2,17,19,20);1H. The first-order chi connectivity index (χ1) is 10.8. The SMILES string of the molecule is CCNC(=NCC(=O)NCCOC)NCCC1=CCCCC1.I. The van der Waals surface area contributed by atoms with Crippen LogP contribution in [0.25, 0.3) is 0 Å². The average molecular weight is 438 g/mol. The summed E-state index contributed by atoms with van der Waals surface area (Å²) in [6.07, 6.45) is 8.46. The van der Waals surface area contributed by atoms with Crippen LogP contribution in [0.4, 0.5) is 0 Å². The highest BCUT2D eigenvalue weighted by molar-refractivity contribution is 14.0. The monoisotopic (exact) mass is 438 g/mol. The van der Waals surface area contributed by atoms with E-state index in [1.807, 2.05) is 6.92 Å². The Bertz CT molecular complexity index is 386. The lowest BCUT2D eigenvalue weighted by Gasteiger charge is -2.15. The summed E-state index contributed by atoms with van der Waals surface area (Å²) in [5, 5.41) is 9.19. The second-order valence-electron chi connectivity index (χ2n) is 5.32. The van der Waals surface area contributed by atoms with Gasteiger partial charge in [0.2, 0.25) is 5.91 Å². The summed E-state index contributed by atoms with van der Waals surface area (Å²) in [6.45, 7) is 4.80. The van der Waals surface area contributed by atoms with Gasteiger partial charge < -0.3 is 20.7 Å². The quantitative estimate of drug-likeness (QED) is 0.169. The van der Waals surface area contributed by atoms with Gasteiger partial charge in [-0.25, -0.2) is 4.99 Å². The van der Waals surface area contributed by atoms with E-state index in [9.17, 15) is 4.79 Å². The molecule has 134 valence electrons. The van der Waals surface area contributed by atoms with Gasteiger partial charge in [0.05, 0.1) is 6.61 Å². The first kappa shape index (κ1) is 22.2. The van der Waals surface area contributed by atoms with Crippen molar-refractivity contribution in [2.45, 2.75) is 39.0 Å². The fourth-order valence-electron chi connectivity index (χ4n) is 2.31. The van der Waals surface area contributed by atoms with E-state index in [0.717, 1.165) is 19.5 Å². The lowest BCUT2D eigenvalue weighted by atomic mass is 9.97. The van der Waals surface area contributed by atoms with Crippen molar-refractivity contribution in [3.05, 3.63) is 11.6 Å². The molecule has 0 saturated carbocycles. The van der Waals surface area contributed by atoms with E-state index in [4.69, 9.17) is 4.74 Å². The van der Waals surface area contributed by atoms with Crippen molar-refractivity contribution < 1.29 is 9.53 Å². The maximum Gasteiger partial charge on any atom is 0.241 e. The Labute approximate surface area is 156 Å². The summed E-state index contributed by atoms with van der Waals surface area (Å²) in [5.74, 6) is 0.602. The van der Waals surface area contributed by atoms with Gasteiger partial charge in [-0.1, -0.05) is 11.6 Å². The molecular formula is C16H31IN4O2. The average Bonchev–Trinajstić information content (AvgIpc) is 2.54. The molecule has 3 N–H and O–H groups in total. The molecule has 0 spiro atoms. The van der Waals surface area contributed by atoms with Crippen LogP contribution in [0, 0.1) is 0 Å². The van der Waals surface area contributed by atoms with E-state index in [1.165, 1.54) is 31.3 Å². The predicted molar refractivity (Wildman–Crippen MR) is 105 cm³/mol. The van der Waals surface area contributed by atoms with Crippen LogP contribution in [-0.2, 0) is 9.53 Å². The number of aliphatic imine (C=N–C) groups is 1. The maximum absolute atomic E-state index is 11.6. The number of halogens is 1. The Morgan fingerprint density at radius 2 is 2.09 bits per heavy atom. The summed E-state index contributed by atoms with van der Waals surface area (Å²) in [6, 6.07) is 0. The zero-order chi connectivity index (χ0) is 16.0. The van der Waals surface area contributed by atoms with Gasteiger partial charge in [0, 0.05) is 26.7 Å². The molecule has 7 heteroatoms. The Balaban J connectivity index is 0.00000484. The molecule has 0 heterocycles. The second kappa shape index (κ2) is 14.7. The largest absolute Gasteiger partial charge is 0.383 e. The van der Waals surface area contributed by atoms with Gasteiger partial charge in [0.25, 0.3) is 0 Å². The minimum atomic E-state index is -0.0933. The number of carbonyl (C=O) groups is 1. The molecule has 0 aromatic rings. The third-order valence-corrected chi connectivity index (χ3v) is 3.48. The van der Waals surface area contributed by atoms with E-state index in [1.54, 1.807) is 7.11 Å².